The molecule has 1 rings (SSSR count). The van der Waals surface area contributed by atoms with Gasteiger partial charge in [-0.2, -0.15) is 0 Å². The van der Waals surface area contributed by atoms with Crippen LogP contribution in [0.3, 0.4) is 0 Å². The predicted octanol–water partition coefficient (Wildman–Crippen LogP) is 1.46. The number of aromatic nitrogens is 1. The van der Waals surface area contributed by atoms with Crippen LogP contribution in [-0.4, -0.2) is 21.6 Å². The molecule has 1 N–H and O–H groups in total. The molecule has 1 aromatic heterocycles. The molecule has 1 heterocycles. The van der Waals surface area contributed by atoms with Gasteiger partial charge in [-0.15, -0.1) is 0 Å². The van der Waals surface area contributed by atoms with Gasteiger partial charge in [-0.3, -0.25) is 9.36 Å². The summed E-state index contributed by atoms with van der Waals surface area (Å²) in [7, 11) is 0. The quantitative estimate of drug-likeness (QED) is 0.713. The van der Waals surface area contributed by atoms with Gasteiger partial charge in [0.05, 0.1) is 0 Å². The summed E-state index contributed by atoms with van der Waals surface area (Å²) in [6.45, 7) is 4.73. The second-order valence-corrected chi connectivity index (χ2v) is 2.98. The van der Waals surface area contributed by atoms with Crippen molar-refractivity contribution in [2.75, 3.05) is 0 Å². The third-order valence-corrected chi connectivity index (χ3v) is 1.89. The lowest BCUT2D eigenvalue weighted by molar-refractivity contribution is 0.0673. The van der Waals surface area contributed by atoms with Crippen molar-refractivity contribution < 1.29 is 14.7 Å². The first kappa shape index (κ1) is 9.51. The third kappa shape index (κ3) is 1.47. The summed E-state index contributed by atoms with van der Waals surface area (Å²) in [5.41, 5.74) is 1.33. The van der Waals surface area contributed by atoms with Gasteiger partial charge in [-0.1, -0.05) is 0 Å². The number of carboxylic acids is 1. The van der Waals surface area contributed by atoms with Crippen molar-refractivity contribution in [2.24, 2.45) is 0 Å². The molecular weight excluding hydrogens is 170 g/mol. The lowest BCUT2D eigenvalue weighted by atomic mass is 10.2. The van der Waals surface area contributed by atoms with Crippen molar-refractivity contribution in [2.45, 2.75) is 20.8 Å². The summed E-state index contributed by atoms with van der Waals surface area (Å²) in [6, 6.07) is 1.69. The van der Waals surface area contributed by atoms with Crippen LogP contribution in [0.2, 0.25) is 0 Å². The van der Waals surface area contributed by atoms with Crippen molar-refractivity contribution in [3.8, 4) is 0 Å². The molecule has 0 unspecified atom stereocenters. The predicted molar refractivity (Wildman–Crippen MR) is 47.2 cm³/mol. The number of rotatable bonds is 1. The maximum absolute atomic E-state index is 11.1. The van der Waals surface area contributed by atoms with E-state index in [1.807, 2.05) is 0 Å². The average Bonchev–Trinajstić information content (AvgIpc) is 2.24. The Balaban J connectivity index is 3.47. The molecule has 0 saturated heterocycles. The minimum atomic E-state index is -1.07. The molecule has 0 atom stereocenters. The number of carbonyl (C=O) groups is 2. The highest BCUT2D eigenvalue weighted by molar-refractivity contribution is 5.93. The van der Waals surface area contributed by atoms with Crippen LogP contribution in [0.15, 0.2) is 6.07 Å². The monoisotopic (exact) mass is 181 g/mol. The Morgan fingerprint density at radius 3 is 2.23 bits per heavy atom. The molecular formula is C9H11NO3. The Bertz CT molecular complexity index is 342. The van der Waals surface area contributed by atoms with Gasteiger partial charge >= 0.3 is 5.97 Å². The number of carbonyl (C=O) groups excluding carboxylic acids is 1. The lowest BCUT2D eigenvalue weighted by Crippen LogP contribution is -2.15. The van der Waals surface area contributed by atoms with E-state index in [1.165, 1.54) is 11.5 Å². The van der Waals surface area contributed by atoms with E-state index in [-0.39, 0.29) is 11.6 Å². The first-order chi connectivity index (χ1) is 5.95. The van der Waals surface area contributed by atoms with E-state index in [2.05, 4.69) is 0 Å². The summed E-state index contributed by atoms with van der Waals surface area (Å²) in [4.78, 5) is 21.9. The van der Waals surface area contributed by atoms with Crippen molar-refractivity contribution in [3.63, 3.8) is 0 Å². The van der Waals surface area contributed by atoms with E-state index in [9.17, 15) is 9.59 Å². The molecule has 0 amide bonds. The molecule has 4 heteroatoms. The third-order valence-electron chi connectivity index (χ3n) is 1.89. The fraction of sp³-hybridized carbons (Fsp3) is 0.333. The summed E-state index contributed by atoms with van der Waals surface area (Å²) in [5.74, 6) is -1.34. The molecule has 13 heavy (non-hydrogen) atoms. The number of aryl methyl sites for hydroxylation is 2. The molecule has 0 aliphatic rings. The van der Waals surface area contributed by atoms with Crippen molar-refractivity contribution in [1.82, 2.24) is 4.57 Å². The zero-order chi connectivity index (χ0) is 10.2. The number of aromatic carboxylic acids is 1. The summed E-state index contributed by atoms with van der Waals surface area (Å²) in [6.07, 6.45) is 0. The summed E-state index contributed by atoms with van der Waals surface area (Å²) >= 11 is 0. The number of hydrogen-bond donors (Lipinski definition) is 1. The van der Waals surface area contributed by atoms with Gasteiger partial charge in [0, 0.05) is 12.6 Å². The lowest BCUT2D eigenvalue weighted by Gasteiger charge is -2.03. The Morgan fingerprint density at radius 1 is 1.38 bits per heavy atom. The van der Waals surface area contributed by atoms with Crippen LogP contribution >= 0.6 is 0 Å². The molecule has 0 aliphatic carbocycles. The molecule has 70 valence electrons. The Labute approximate surface area is 75.8 Å². The van der Waals surface area contributed by atoms with E-state index in [0.717, 1.165) is 0 Å². The zero-order valence-corrected chi connectivity index (χ0v) is 7.79. The van der Waals surface area contributed by atoms with Gasteiger partial charge in [-0.25, -0.2) is 4.79 Å². The molecule has 0 radical (unpaired) electrons. The van der Waals surface area contributed by atoms with Crippen LogP contribution < -0.4 is 0 Å². The van der Waals surface area contributed by atoms with Crippen LogP contribution in [0, 0.1) is 13.8 Å². The maximum Gasteiger partial charge on any atom is 0.353 e. The van der Waals surface area contributed by atoms with Crippen LogP contribution in [0.4, 0.5) is 0 Å². The van der Waals surface area contributed by atoms with E-state index >= 15 is 0 Å². The smallest absolute Gasteiger partial charge is 0.353 e. The van der Waals surface area contributed by atoms with Crippen LogP contribution in [0.5, 0.6) is 0 Å². The standard InChI is InChI=1S/C9H11NO3/c1-5-4-6(2)10(7(3)11)8(5)9(12)13/h4H,1-3H3,(H,12,13). The van der Waals surface area contributed by atoms with E-state index in [0.29, 0.717) is 11.3 Å². The van der Waals surface area contributed by atoms with Crippen LogP contribution in [-0.2, 0) is 0 Å². The molecule has 4 nitrogen and oxygen atoms in total. The van der Waals surface area contributed by atoms with E-state index < -0.39 is 5.97 Å². The number of hydrogen-bond acceptors (Lipinski definition) is 2. The fourth-order valence-electron chi connectivity index (χ4n) is 1.47. The van der Waals surface area contributed by atoms with Crippen LogP contribution in [0.25, 0.3) is 0 Å². The second kappa shape index (κ2) is 3.05. The Hall–Kier alpha value is -1.58. The summed E-state index contributed by atoms with van der Waals surface area (Å²) < 4.78 is 1.21. The molecule has 0 fully saturated rings. The Morgan fingerprint density at radius 2 is 1.92 bits per heavy atom. The normalized spacial score (nSPS) is 10.1. The van der Waals surface area contributed by atoms with Crippen molar-refractivity contribution in [1.29, 1.82) is 0 Å². The maximum atomic E-state index is 11.1. The van der Waals surface area contributed by atoms with Crippen LogP contribution in [0.1, 0.15) is 33.5 Å². The van der Waals surface area contributed by atoms with Gasteiger partial charge in [0.1, 0.15) is 5.69 Å². The van der Waals surface area contributed by atoms with Gasteiger partial charge in [0.15, 0.2) is 0 Å². The molecule has 1 aromatic rings. The van der Waals surface area contributed by atoms with E-state index in [4.69, 9.17) is 5.11 Å². The van der Waals surface area contributed by atoms with Gasteiger partial charge in [0.2, 0.25) is 5.91 Å². The van der Waals surface area contributed by atoms with Gasteiger partial charge in [-0.05, 0) is 25.5 Å². The zero-order valence-electron chi connectivity index (χ0n) is 7.79. The number of carboxylic acid groups (broad SMARTS) is 1. The minimum Gasteiger partial charge on any atom is -0.477 e. The van der Waals surface area contributed by atoms with Gasteiger partial charge < -0.3 is 5.11 Å². The minimum absolute atomic E-state index is 0.0602. The molecule has 0 bridgehead atoms. The highest BCUT2D eigenvalue weighted by Gasteiger charge is 2.18. The Kier molecular flexibility index (Phi) is 2.23. The highest BCUT2D eigenvalue weighted by atomic mass is 16.4. The summed E-state index contributed by atoms with van der Waals surface area (Å²) in [5, 5.41) is 8.84. The van der Waals surface area contributed by atoms with Gasteiger partial charge in [0.25, 0.3) is 0 Å². The van der Waals surface area contributed by atoms with E-state index in [1.54, 1.807) is 19.9 Å². The molecule has 0 saturated carbocycles. The fourth-order valence-corrected chi connectivity index (χ4v) is 1.47. The number of nitrogens with zero attached hydrogens (tertiary/aromatic N) is 1. The molecule has 0 spiro atoms. The average molecular weight is 181 g/mol. The molecule has 0 aliphatic heterocycles. The topological polar surface area (TPSA) is 59.3 Å². The first-order valence-electron chi connectivity index (χ1n) is 3.88. The highest BCUT2D eigenvalue weighted by Crippen LogP contribution is 2.14. The SMILES string of the molecule is CC(=O)n1c(C)cc(C)c1C(=O)O. The molecule has 0 aromatic carbocycles. The largest absolute Gasteiger partial charge is 0.477 e. The van der Waals surface area contributed by atoms with Crippen molar-refractivity contribution >= 4 is 11.9 Å². The second-order valence-electron chi connectivity index (χ2n) is 2.98. The van der Waals surface area contributed by atoms with Crippen molar-refractivity contribution in [3.05, 3.63) is 23.0 Å². The first-order valence-corrected chi connectivity index (χ1v) is 3.88.